The molecule has 0 atom stereocenters. The number of thioether (sulfide) groups is 1. The molecule has 0 fully saturated rings. The molecule has 0 radical (unpaired) electrons. The molecular formula is C10H10ClN5O2S. The number of aromatic nitrogens is 5. The van der Waals surface area contributed by atoms with E-state index in [9.17, 15) is 4.79 Å². The van der Waals surface area contributed by atoms with E-state index in [1.54, 1.807) is 12.3 Å². The molecule has 0 amide bonds. The zero-order valence-electron chi connectivity index (χ0n) is 9.99. The molecule has 2 heterocycles. The Morgan fingerprint density at radius 3 is 3.05 bits per heavy atom. The molecule has 2 rings (SSSR count). The number of hydrogen-bond donors (Lipinski definition) is 0. The van der Waals surface area contributed by atoms with Crippen LogP contribution in [0.3, 0.4) is 0 Å². The Balaban J connectivity index is 1.98. The number of methoxy groups -OCH3 is 1. The fourth-order valence-corrected chi connectivity index (χ4v) is 2.15. The van der Waals surface area contributed by atoms with E-state index < -0.39 is 5.97 Å². The van der Waals surface area contributed by atoms with Gasteiger partial charge in [-0.15, -0.1) is 5.10 Å². The van der Waals surface area contributed by atoms with E-state index in [1.807, 2.05) is 6.07 Å². The average Bonchev–Trinajstić information content (AvgIpc) is 2.85. The van der Waals surface area contributed by atoms with Gasteiger partial charge in [-0.1, -0.05) is 29.4 Å². The zero-order valence-corrected chi connectivity index (χ0v) is 11.6. The lowest BCUT2D eigenvalue weighted by molar-refractivity contribution is -0.141. The molecule has 0 unspecified atom stereocenters. The van der Waals surface area contributed by atoms with E-state index >= 15 is 0 Å². The Bertz CT molecular complexity index is 559. The number of carbonyl (C=O) groups excluding carboxylic acids is 1. The van der Waals surface area contributed by atoms with E-state index in [-0.39, 0.29) is 6.54 Å². The van der Waals surface area contributed by atoms with E-state index in [4.69, 9.17) is 11.6 Å². The Hall–Kier alpha value is -1.67. The number of pyridine rings is 1. The van der Waals surface area contributed by atoms with Gasteiger partial charge in [-0.05, 0) is 22.1 Å². The molecular weight excluding hydrogens is 290 g/mol. The standard InChI is InChI=1S/C10H10ClN5O2S/c1-18-9(17)5-16-10(13-14-15-16)19-6-7-2-3-8(11)12-4-7/h2-4H,5-6H2,1H3. The van der Waals surface area contributed by atoms with Crippen LogP contribution in [-0.2, 0) is 21.8 Å². The van der Waals surface area contributed by atoms with Crippen molar-refractivity contribution in [3.63, 3.8) is 0 Å². The first-order valence-corrected chi connectivity index (χ1v) is 6.61. The van der Waals surface area contributed by atoms with Crippen LogP contribution in [0, 0.1) is 0 Å². The Morgan fingerprint density at radius 1 is 1.53 bits per heavy atom. The van der Waals surface area contributed by atoms with Crippen LogP contribution in [0.25, 0.3) is 0 Å². The van der Waals surface area contributed by atoms with Gasteiger partial charge in [0, 0.05) is 11.9 Å². The van der Waals surface area contributed by atoms with Crippen LogP contribution in [0.4, 0.5) is 0 Å². The van der Waals surface area contributed by atoms with Crippen LogP contribution in [0.1, 0.15) is 5.56 Å². The van der Waals surface area contributed by atoms with Crippen molar-refractivity contribution < 1.29 is 9.53 Å². The van der Waals surface area contributed by atoms with E-state index in [2.05, 4.69) is 25.2 Å². The van der Waals surface area contributed by atoms with Gasteiger partial charge in [0.2, 0.25) is 5.16 Å². The summed E-state index contributed by atoms with van der Waals surface area (Å²) >= 11 is 7.11. The number of hydrogen-bond acceptors (Lipinski definition) is 7. The third-order valence-electron chi connectivity index (χ3n) is 2.16. The summed E-state index contributed by atoms with van der Waals surface area (Å²) in [5, 5.41) is 12.1. The second kappa shape index (κ2) is 6.48. The van der Waals surface area contributed by atoms with Gasteiger partial charge in [0.15, 0.2) is 0 Å². The summed E-state index contributed by atoms with van der Waals surface area (Å²) in [6.07, 6.45) is 1.68. The van der Waals surface area contributed by atoms with Crippen LogP contribution < -0.4 is 0 Å². The molecule has 0 saturated carbocycles. The highest BCUT2D eigenvalue weighted by atomic mass is 35.5. The van der Waals surface area contributed by atoms with Gasteiger partial charge in [-0.3, -0.25) is 4.79 Å². The molecule has 0 bridgehead atoms. The van der Waals surface area contributed by atoms with Crippen molar-refractivity contribution in [2.24, 2.45) is 0 Å². The quantitative estimate of drug-likeness (QED) is 0.466. The van der Waals surface area contributed by atoms with Crippen LogP contribution in [0.15, 0.2) is 23.5 Å². The van der Waals surface area contributed by atoms with Gasteiger partial charge in [0.05, 0.1) is 7.11 Å². The van der Waals surface area contributed by atoms with E-state index in [0.29, 0.717) is 16.1 Å². The lowest BCUT2D eigenvalue weighted by Gasteiger charge is -2.03. The van der Waals surface area contributed by atoms with Crippen molar-refractivity contribution in [1.82, 2.24) is 25.2 Å². The molecule has 9 heteroatoms. The van der Waals surface area contributed by atoms with Crippen molar-refractivity contribution in [3.05, 3.63) is 29.0 Å². The number of halogens is 1. The van der Waals surface area contributed by atoms with E-state index in [1.165, 1.54) is 23.6 Å². The lowest BCUT2D eigenvalue weighted by atomic mass is 10.3. The van der Waals surface area contributed by atoms with Crippen LogP contribution in [-0.4, -0.2) is 38.3 Å². The summed E-state index contributed by atoms with van der Waals surface area (Å²) < 4.78 is 5.95. The maximum Gasteiger partial charge on any atom is 0.327 e. The SMILES string of the molecule is COC(=O)Cn1nnnc1SCc1ccc(Cl)nc1. The van der Waals surface area contributed by atoms with Gasteiger partial charge >= 0.3 is 5.97 Å². The molecule has 0 N–H and O–H groups in total. The number of carbonyl (C=O) groups is 1. The third kappa shape index (κ3) is 3.90. The van der Waals surface area contributed by atoms with Crippen molar-refractivity contribution in [2.75, 3.05) is 7.11 Å². The molecule has 0 aliphatic carbocycles. The molecule has 0 aliphatic rings. The van der Waals surface area contributed by atoms with Crippen LogP contribution in [0.2, 0.25) is 5.15 Å². The summed E-state index contributed by atoms with van der Waals surface area (Å²) in [4.78, 5) is 15.2. The summed E-state index contributed by atoms with van der Waals surface area (Å²) in [6, 6.07) is 3.59. The minimum Gasteiger partial charge on any atom is -0.468 e. The number of tetrazole rings is 1. The highest BCUT2D eigenvalue weighted by molar-refractivity contribution is 7.98. The van der Waals surface area contributed by atoms with Crippen LogP contribution in [0.5, 0.6) is 0 Å². The van der Waals surface area contributed by atoms with Gasteiger partial charge in [0.1, 0.15) is 11.7 Å². The molecule has 2 aromatic rings. The van der Waals surface area contributed by atoms with Gasteiger partial charge in [-0.2, -0.15) is 0 Å². The fourth-order valence-electron chi connectivity index (χ4n) is 1.23. The lowest BCUT2D eigenvalue weighted by Crippen LogP contribution is -2.13. The molecule has 7 nitrogen and oxygen atoms in total. The number of nitrogens with zero attached hydrogens (tertiary/aromatic N) is 5. The maximum atomic E-state index is 11.2. The zero-order chi connectivity index (χ0) is 13.7. The minimum absolute atomic E-state index is 0.00923. The monoisotopic (exact) mass is 299 g/mol. The largest absolute Gasteiger partial charge is 0.468 e. The first-order valence-electron chi connectivity index (χ1n) is 5.25. The molecule has 0 saturated heterocycles. The predicted molar refractivity (Wildman–Crippen MR) is 68.6 cm³/mol. The molecule has 2 aromatic heterocycles. The highest BCUT2D eigenvalue weighted by Gasteiger charge is 2.11. The summed E-state index contributed by atoms with van der Waals surface area (Å²) in [6.45, 7) is -0.00923. The third-order valence-corrected chi connectivity index (χ3v) is 3.41. The first kappa shape index (κ1) is 13.8. The number of ether oxygens (including phenoxy) is 1. The summed E-state index contributed by atoms with van der Waals surface area (Å²) in [7, 11) is 1.32. The van der Waals surface area contributed by atoms with Crippen molar-refractivity contribution >= 4 is 29.3 Å². The predicted octanol–water partition coefficient (Wildman–Crippen LogP) is 1.19. The van der Waals surface area contributed by atoms with Gasteiger partial charge < -0.3 is 4.74 Å². The minimum atomic E-state index is -0.401. The molecule has 0 aliphatic heterocycles. The maximum absolute atomic E-state index is 11.2. The first-order chi connectivity index (χ1) is 9.19. The highest BCUT2D eigenvalue weighted by Crippen LogP contribution is 2.20. The summed E-state index contributed by atoms with van der Waals surface area (Å²) in [5.41, 5.74) is 0.988. The summed E-state index contributed by atoms with van der Waals surface area (Å²) in [5.74, 6) is 0.230. The Morgan fingerprint density at radius 2 is 2.37 bits per heavy atom. The second-order valence-corrected chi connectivity index (χ2v) is 4.80. The molecule has 100 valence electrons. The normalized spacial score (nSPS) is 10.4. The number of esters is 1. The molecule has 19 heavy (non-hydrogen) atoms. The fraction of sp³-hybridized carbons (Fsp3) is 0.300. The Kier molecular flexibility index (Phi) is 4.69. The van der Waals surface area contributed by atoms with Gasteiger partial charge in [0.25, 0.3) is 0 Å². The van der Waals surface area contributed by atoms with Gasteiger partial charge in [-0.25, -0.2) is 9.67 Å². The number of rotatable bonds is 5. The topological polar surface area (TPSA) is 82.8 Å². The van der Waals surface area contributed by atoms with Crippen molar-refractivity contribution in [2.45, 2.75) is 17.5 Å². The molecule has 0 spiro atoms. The average molecular weight is 300 g/mol. The smallest absolute Gasteiger partial charge is 0.327 e. The molecule has 0 aromatic carbocycles. The Labute approximate surface area is 118 Å². The van der Waals surface area contributed by atoms with Crippen LogP contribution >= 0.6 is 23.4 Å². The van der Waals surface area contributed by atoms with Crippen molar-refractivity contribution in [1.29, 1.82) is 0 Å². The second-order valence-electron chi connectivity index (χ2n) is 3.47. The van der Waals surface area contributed by atoms with Crippen molar-refractivity contribution in [3.8, 4) is 0 Å². The van der Waals surface area contributed by atoms with E-state index in [0.717, 1.165) is 5.56 Å².